The smallest absolute Gasteiger partial charge is 0.156 e. The highest BCUT2D eigenvalue weighted by atomic mass is 32.2. The minimum Gasteiger partial charge on any atom is -0.228 e. The molecule has 0 aromatic carbocycles. The molecule has 1 rings (SSSR count). The van der Waals surface area contributed by atoms with Crippen LogP contribution in [0.2, 0.25) is 0 Å². The molecule has 0 N–H and O–H groups in total. The molecule has 2 nitrogen and oxygen atoms in total. The van der Waals surface area contributed by atoms with Crippen molar-refractivity contribution in [3.05, 3.63) is 11.6 Å². The van der Waals surface area contributed by atoms with Crippen molar-refractivity contribution in [2.24, 2.45) is 0 Å². The van der Waals surface area contributed by atoms with E-state index in [1.54, 1.807) is 0 Å². The molecule has 0 aromatic rings. The molecule has 0 radical (unpaired) electrons. The molecule has 1 aliphatic rings. The summed E-state index contributed by atoms with van der Waals surface area (Å²) in [4.78, 5) is 0. The molecular formula is C10H18O2S. The van der Waals surface area contributed by atoms with Gasteiger partial charge in [0.2, 0.25) is 0 Å². The molecule has 0 heterocycles. The Bertz CT molecular complexity index is 278. The Balaban J connectivity index is 2.60. The fourth-order valence-electron chi connectivity index (χ4n) is 1.67. The summed E-state index contributed by atoms with van der Waals surface area (Å²) < 4.78 is 23.4. The van der Waals surface area contributed by atoms with Crippen molar-refractivity contribution in [1.29, 1.82) is 0 Å². The van der Waals surface area contributed by atoms with Crippen LogP contribution in [0.25, 0.3) is 0 Å². The van der Waals surface area contributed by atoms with Crippen LogP contribution in [0, 0.1) is 0 Å². The lowest BCUT2D eigenvalue weighted by molar-refractivity contribution is 0.582. The van der Waals surface area contributed by atoms with Crippen LogP contribution in [0.5, 0.6) is 0 Å². The van der Waals surface area contributed by atoms with Gasteiger partial charge in [-0.25, -0.2) is 8.42 Å². The minimum atomic E-state index is -2.83. The summed E-state index contributed by atoms with van der Waals surface area (Å²) in [5.74, 6) is 0.236. The van der Waals surface area contributed by atoms with Gasteiger partial charge in [-0.2, -0.15) is 0 Å². The molecule has 0 aromatic heterocycles. The zero-order valence-corrected chi connectivity index (χ0v) is 9.23. The Hall–Kier alpha value is -0.310. The van der Waals surface area contributed by atoms with Gasteiger partial charge in [-0.3, -0.25) is 0 Å². The van der Waals surface area contributed by atoms with E-state index in [1.165, 1.54) is 0 Å². The molecule has 13 heavy (non-hydrogen) atoms. The molecule has 0 aliphatic heterocycles. The molecule has 0 bridgehead atoms. The van der Waals surface area contributed by atoms with E-state index in [9.17, 15) is 8.42 Å². The molecule has 76 valence electrons. The third kappa shape index (κ3) is 3.14. The van der Waals surface area contributed by atoms with Crippen LogP contribution in [0.15, 0.2) is 11.6 Å². The van der Waals surface area contributed by atoms with Crippen LogP contribution in [0.1, 0.15) is 39.5 Å². The van der Waals surface area contributed by atoms with Gasteiger partial charge in [0, 0.05) is 0 Å². The van der Waals surface area contributed by atoms with E-state index in [4.69, 9.17) is 0 Å². The van der Waals surface area contributed by atoms with Gasteiger partial charge in [0.15, 0.2) is 9.84 Å². The molecule has 1 fully saturated rings. The van der Waals surface area contributed by atoms with Gasteiger partial charge >= 0.3 is 0 Å². The third-order valence-corrected chi connectivity index (χ3v) is 4.65. The van der Waals surface area contributed by atoms with Gasteiger partial charge in [0.25, 0.3) is 0 Å². The SMILES string of the molecule is CC(C)=CCS(=O)(=O)C1CCCC1. The number of sulfone groups is 1. The predicted molar refractivity (Wildman–Crippen MR) is 55.5 cm³/mol. The van der Waals surface area contributed by atoms with E-state index < -0.39 is 9.84 Å². The number of hydrogen-bond acceptors (Lipinski definition) is 2. The van der Waals surface area contributed by atoms with Crippen LogP contribution in [-0.4, -0.2) is 19.4 Å². The van der Waals surface area contributed by atoms with E-state index in [2.05, 4.69) is 0 Å². The molecule has 0 amide bonds. The van der Waals surface area contributed by atoms with Gasteiger partial charge in [-0.05, 0) is 26.7 Å². The van der Waals surface area contributed by atoms with Crippen molar-refractivity contribution in [1.82, 2.24) is 0 Å². The van der Waals surface area contributed by atoms with Crippen molar-refractivity contribution in [3.8, 4) is 0 Å². The standard InChI is InChI=1S/C10H18O2S/c1-9(2)7-8-13(11,12)10-5-3-4-6-10/h7,10H,3-6,8H2,1-2H3. The van der Waals surface area contributed by atoms with Crippen LogP contribution in [0.4, 0.5) is 0 Å². The Morgan fingerprint density at radius 3 is 2.31 bits per heavy atom. The first-order valence-electron chi connectivity index (χ1n) is 4.87. The molecule has 1 saturated carbocycles. The topological polar surface area (TPSA) is 34.1 Å². The van der Waals surface area contributed by atoms with E-state index in [0.717, 1.165) is 31.3 Å². The van der Waals surface area contributed by atoms with Crippen LogP contribution in [0.3, 0.4) is 0 Å². The average molecular weight is 202 g/mol. The van der Waals surface area contributed by atoms with Crippen molar-refractivity contribution < 1.29 is 8.42 Å². The lowest BCUT2D eigenvalue weighted by Crippen LogP contribution is -2.19. The van der Waals surface area contributed by atoms with Gasteiger partial charge < -0.3 is 0 Å². The van der Waals surface area contributed by atoms with Crippen LogP contribution in [-0.2, 0) is 9.84 Å². The second-order valence-corrected chi connectivity index (χ2v) is 6.34. The molecular weight excluding hydrogens is 184 g/mol. The maximum absolute atomic E-state index is 11.7. The Morgan fingerprint density at radius 2 is 1.85 bits per heavy atom. The Morgan fingerprint density at radius 1 is 1.31 bits per heavy atom. The van der Waals surface area contributed by atoms with Crippen molar-refractivity contribution in [3.63, 3.8) is 0 Å². The maximum Gasteiger partial charge on any atom is 0.156 e. The third-order valence-electron chi connectivity index (χ3n) is 2.53. The molecule has 3 heteroatoms. The molecule has 0 unspecified atom stereocenters. The highest BCUT2D eigenvalue weighted by molar-refractivity contribution is 7.92. The predicted octanol–water partition coefficient (Wildman–Crippen LogP) is 2.31. The van der Waals surface area contributed by atoms with E-state index in [-0.39, 0.29) is 11.0 Å². The summed E-state index contributed by atoms with van der Waals surface area (Å²) in [6.07, 6.45) is 5.73. The lowest BCUT2D eigenvalue weighted by Gasteiger charge is -2.08. The number of allylic oxidation sites excluding steroid dienone is 1. The van der Waals surface area contributed by atoms with Crippen molar-refractivity contribution in [2.45, 2.75) is 44.8 Å². The van der Waals surface area contributed by atoms with Gasteiger partial charge in [0.05, 0.1) is 11.0 Å². The van der Waals surface area contributed by atoms with Crippen LogP contribution < -0.4 is 0 Å². The van der Waals surface area contributed by atoms with E-state index in [1.807, 2.05) is 19.9 Å². The van der Waals surface area contributed by atoms with Crippen molar-refractivity contribution >= 4 is 9.84 Å². The van der Waals surface area contributed by atoms with E-state index >= 15 is 0 Å². The van der Waals surface area contributed by atoms with Gasteiger partial charge in [-0.15, -0.1) is 0 Å². The normalized spacial score (nSPS) is 18.9. The fourth-order valence-corrected chi connectivity index (χ4v) is 3.56. The molecule has 0 spiro atoms. The zero-order valence-electron chi connectivity index (χ0n) is 8.41. The summed E-state index contributed by atoms with van der Waals surface area (Å²) in [5.41, 5.74) is 1.08. The second-order valence-electron chi connectivity index (χ2n) is 4.02. The molecule has 0 atom stereocenters. The maximum atomic E-state index is 11.7. The highest BCUT2D eigenvalue weighted by Crippen LogP contribution is 2.25. The fraction of sp³-hybridized carbons (Fsp3) is 0.800. The molecule has 0 saturated heterocycles. The minimum absolute atomic E-state index is 0.0527. The number of rotatable bonds is 3. The lowest BCUT2D eigenvalue weighted by atomic mass is 10.3. The first-order chi connectivity index (χ1) is 6.02. The summed E-state index contributed by atoms with van der Waals surface area (Å²) in [6, 6.07) is 0. The van der Waals surface area contributed by atoms with Gasteiger partial charge in [0.1, 0.15) is 0 Å². The highest BCUT2D eigenvalue weighted by Gasteiger charge is 2.27. The quantitative estimate of drug-likeness (QED) is 0.658. The summed E-state index contributed by atoms with van der Waals surface area (Å²) in [6.45, 7) is 3.87. The van der Waals surface area contributed by atoms with E-state index in [0.29, 0.717) is 0 Å². The Labute approximate surface area is 81.0 Å². The van der Waals surface area contributed by atoms with Gasteiger partial charge in [-0.1, -0.05) is 24.5 Å². The average Bonchev–Trinajstić information content (AvgIpc) is 2.53. The first kappa shape index (κ1) is 10.8. The summed E-state index contributed by atoms with van der Waals surface area (Å²) >= 11 is 0. The van der Waals surface area contributed by atoms with Crippen LogP contribution >= 0.6 is 0 Å². The molecule has 1 aliphatic carbocycles. The number of hydrogen-bond donors (Lipinski definition) is 0. The Kier molecular flexibility index (Phi) is 3.54. The first-order valence-corrected chi connectivity index (χ1v) is 6.59. The van der Waals surface area contributed by atoms with Crippen molar-refractivity contribution in [2.75, 3.05) is 5.75 Å². The summed E-state index contributed by atoms with van der Waals surface area (Å²) in [5, 5.41) is -0.0527. The second kappa shape index (κ2) is 4.27. The monoisotopic (exact) mass is 202 g/mol. The zero-order chi connectivity index (χ0) is 9.90. The largest absolute Gasteiger partial charge is 0.228 e. The summed E-state index contributed by atoms with van der Waals surface area (Å²) in [7, 11) is -2.83.